The minimum absolute atomic E-state index is 0.0382. The van der Waals surface area contributed by atoms with E-state index in [1.807, 2.05) is 0 Å². The molecule has 1 N–H and O–H groups in total. The number of nitrogens with one attached hydrogen (secondary N) is 1. The second-order valence-electron chi connectivity index (χ2n) is 10.7. The van der Waals surface area contributed by atoms with Gasteiger partial charge in [0.05, 0.1) is 12.2 Å². The molecule has 0 spiro atoms. The van der Waals surface area contributed by atoms with E-state index in [0.717, 1.165) is 36.4 Å². The fraction of sp³-hybridized carbons (Fsp3) is 0.515. The summed E-state index contributed by atoms with van der Waals surface area (Å²) in [6.07, 6.45) is 27.2. The predicted octanol–water partition coefficient (Wildman–Crippen LogP) is 5.71. The molecule has 0 aliphatic heterocycles. The highest BCUT2D eigenvalue weighted by Crippen LogP contribution is 2.30. The number of likely N-dealkylation sites (N-methyl/N-ethyl adjacent to an activating group) is 1. The minimum atomic E-state index is -3.76. The van der Waals surface area contributed by atoms with Gasteiger partial charge in [0.2, 0.25) is 15.9 Å². The highest BCUT2D eigenvalue weighted by molar-refractivity contribution is 7.89. The normalized spacial score (nSPS) is 12.5. The summed E-state index contributed by atoms with van der Waals surface area (Å²) in [7, 11) is 0.717. The first-order chi connectivity index (χ1) is 21.7. The first kappa shape index (κ1) is 37.4. The zero-order valence-electron chi connectivity index (χ0n) is 27.1. The lowest BCUT2D eigenvalue weighted by Crippen LogP contribution is -2.31. The smallest absolute Gasteiger partial charge is 0.325 e. The van der Waals surface area contributed by atoms with Gasteiger partial charge in [-0.1, -0.05) is 68.4 Å². The van der Waals surface area contributed by atoms with Crippen molar-refractivity contribution >= 4 is 38.6 Å². The lowest BCUT2D eigenvalue weighted by atomic mass is 10.2. The van der Waals surface area contributed by atoms with Crippen molar-refractivity contribution in [3.63, 3.8) is 0 Å². The Hall–Kier alpha value is -3.77. The largest absolute Gasteiger partial charge is 0.462 e. The van der Waals surface area contributed by atoms with Gasteiger partial charge in [-0.3, -0.25) is 9.59 Å². The van der Waals surface area contributed by atoms with Crippen LogP contribution in [-0.4, -0.2) is 75.8 Å². The van der Waals surface area contributed by atoms with E-state index in [-0.39, 0.29) is 41.5 Å². The lowest BCUT2D eigenvalue weighted by Gasteiger charge is -2.19. The number of carbonyl (C=O) groups is 2. The van der Waals surface area contributed by atoms with Gasteiger partial charge in [0.1, 0.15) is 18.0 Å². The van der Waals surface area contributed by atoms with Crippen LogP contribution in [0.25, 0.3) is 11.0 Å². The molecule has 1 heterocycles. The van der Waals surface area contributed by atoms with Gasteiger partial charge >= 0.3 is 5.97 Å². The van der Waals surface area contributed by atoms with Crippen molar-refractivity contribution in [2.75, 3.05) is 45.7 Å². The maximum absolute atomic E-state index is 12.6. The molecule has 1 amide bonds. The van der Waals surface area contributed by atoms with Gasteiger partial charge < -0.3 is 15.0 Å². The van der Waals surface area contributed by atoms with Gasteiger partial charge in [0.25, 0.3) is 0 Å². The van der Waals surface area contributed by atoms with Crippen molar-refractivity contribution in [2.24, 2.45) is 0 Å². The Bertz CT molecular complexity index is 1410. The van der Waals surface area contributed by atoms with E-state index in [1.54, 1.807) is 11.9 Å². The van der Waals surface area contributed by atoms with Crippen LogP contribution in [0.4, 0.5) is 5.69 Å². The first-order valence-corrected chi connectivity index (χ1v) is 17.0. The Morgan fingerprint density at radius 2 is 1.47 bits per heavy atom. The van der Waals surface area contributed by atoms with Crippen LogP contribution >= 0.6 is 0 Å². The van der Waals surface area contributed by atoms with E-state index >= 15 is 0 Å². The summed E-state index contributed by atoms with van der Waals surface area (Å²) in [5.74, 6) is -0.602. The molecule has 0 fully saturated rings. The van der Waals surface area contributed by atoms with E-state index in [2.05, 4.69) is 71.2 Å². The third-order valence-electron chi connectivity index (χ3n) is 6.81. The highest BCUT2D eigenvalue weighted by Gasteiger charge is 2.25. The number of anilines is 1. The van der Waals surface area contributed by atoms with E-state index in [4.69, 9.17) is 9.37 Å². The molecule has 11 nitrogen and oxygen atoms in total. The molecule has 12 heteroatoms. The Labute approximate surface area is 268 Å². The number of allylic oxidation sites excluding steroid dienone is 8. The van der Waals surface area contributed by atoms with Gasteiger partial charge in [-0.15, -0.1) is 0 Å². The molecule has 2 aromatic rings. The summed E-state index contributed by atoms with van der Waals surface area (Å²) in [6, 6.07) is 2.94. The number of rotatable bonds is 22. The number of sulfonamides is 1. The maximum atomic E-state index is 12.6. The Kier molecular flexibility index (Phi) is 17.5. The fourth-order valence-electron chi connectivity index (χ4n) is 4.25. The van der Waals surface area contributed by atoms with Crippen molar-refractivity contribution in [2.45, 2.75) is 76.0 Å². The van der Waals surface area contributed by atoms with Gasteiger partial charge in [0, 0.05) is 27.6 Å². The van der Waals surface area contributed by atoms with Crippen LogP contribution < -0.4 is 10.2 Å². The third kappa shape index (κ3) is 13.8. The summed E-state index contributed by atoms with van der Waals surface area (Å²) in [4.78, 5) is 25.9. The minimum Gasteiger partial charge on any atom is -0.462 e. The van der Waals surface area contributed by atoms with Crippen LogP contribution in [0.5, 0.6) is 0 Å². The SMILES string of the molecule is CCCCC/C=C\C/C=C\C/C=C\C/C=C\CCCC(=O)NCCOC(=O)CN(C)c1ccc(S(=O)(=O)N(C)C)c2nonc12. The molecule has 248 valence electrons. The first-order valence-electron chi connectivity index (χ1n) is 15.6. The molecule has 0 aliphatic rings. The molecule has 1 aromatic carbocycles. The fourth-order valence-corrected chi connectivity index (χ4v) is 5.26. The molecular weight excluding hydrogens is 594 g/mol. The Balaban J connectivity index is 1.57. The van der Waals surface area contributed by atoms with Crippen LogP contribution in [-0.2, 0) is 24.3 Å². The second kappa shape index (κ2) is 21.1. The molecule has 0 saturated carbocycles. The Morgan fingerprint density at radius 1 is 0.867 bits per heavy atom. The summed E-state index contributed by atoms with van der Waals surface area (Å²) in [6.45, 7) is 2.36. The summed E-state index contributed by atoms with van der Waals surface area (Å²) < 4.78 is 36.3. The van der Waals surface area contributed by atoms with Gasteiger partial charge in [-0.05, 0) is 67.4 Å². The van der Waals surface area contributed by atoms with E-state index < -0.39 is 16.0 Å². The van der Waals surface area contributed by atoms with Crippen LogP contribution in [0, 0.1) is 0 Å². The molecule has 0 aliphatic carbocycles. The molecule has 1 aromatic heterocycles. The predicted molar refractivity (Wildman–Crippen MR) is 178 cm³/mol. The molecule has 2 rings (SSSR count). The van der Waals surface area contributed by atoms with Crippen LogP contribution in [0.2, 0.25) is 0 Å². The number of ether oxygens (including phenoxy) is 1. The standard InChI is InChI=1S/C33H49N5O6S/c1-5-6-7-8-9-10-11-12-13-14-15-16-17-18-19-20-21-22-30(39)34-25-26-43-31(40)27-38(4)28-23-24-29(45(41,42)37(2)3)33-32(28)35-44-36-33/h9-10,12-13,15-16,18-19,23-24H,5-8,11,14,17,20-22,25-27H2,1-4H3,(H,34,39)/b10-9-,13-12-,16-15-,19-18-. The van der Waals surface area contributed by atoms with Crippen LogP contribution in [0.1, 0.15) is 71.1 Å². The van der Waals surface area contributed by atoms with Crippen LogP contribution in [0.15, 0.2) is 70.3 Å². The van der Waals surface area contributed by atoms with Crippen molar-refractivity contribution in [1.82, 2.24) is 19.9 Å². The number of aromatic nitrogens is 2. The Morgan fingerprint density at radius 3 is 2.09 bits per heavy atom. The van der Waals surface area contributed by atoms with E-state index in [9.17, 15) is 18.0 Å². The van der Waals surface area contributed by atoms with Crippen molar-refractivity contribution in [3.05, 3.63) is 60.7 Å². The van der Waals surface area contributed by atoms with Crippen LogP contribution in [0.3, 0.4) is 0 Å². The van der Waals surface area contributed by atoms with Gasteiger partial charge in [0.15, 0.2) is 11.0 Å². The number of hydrogen-bond acceptors (Lipinski definition) is 9. The number of amides is 1. The van der Waals surface area contributed by atoms with Gasteiger partial charge in [-0.2, -0.15) is 0 Å². The van der Waals surface area contributed by atoms with Crippen molar-refractivity contribution in [1.29, 1.82) is 0 Å². The van der Waals surface area contributed by atoms with Crippen molar-refractivity contribution < 1.29 is 27.4 Å². The molecule has 0 saturated heterocycles. The zero-order valence-corrected chi connectivity index (χ0v) is 27.9. The summed E-state index contributed by atoms with van der Waals surface area (Å²) in [5, 5.41) is 10.3. The molecule has 0 unspecified atom stereocenters. The summed E-state index contributed by atoms with van der Waals surface area (Å²) >= 11 is 0. The molecule has 0 bridgehead atoms. The molecule has 45 heavy (non-hydrogen) atoms. The molecule has 0 atom stereocenters. The number of carbonyl (C=O) groups excluding carboxylic acids is 2. The maximum Gasteiger partial charge on any atom is 0.325 e. The number of unbranched alkanes of at least 4 members (excludes halogenated alkanes) is 4. The number of esters is 1. The third-order valence-corrected chi connectivity index (χ3v) is 8.66. The molecular formula is C33H49N5O6S. The second-order valence-corrected chi connectivity index (χ2v) is 12.9. The monoisotopic (exact) mass is 643 g/mol. The zero-order chi connectivity index (χ0) is 32.9. The molecule has 0 radical (unpaired) electrons. The number of benzene rings is 1. The van der Waals surface area contributed by atoms with E-state index in [1.165, 1.54) is 51.9 Å². The van der Waals surface area contributed by atoms with E-state index in [0.29, 0.717) is 12.1 Å². The number of fused-ring (bicyclic) bond motifs is 1. The summed E-state index contributed by atoms with van der Waals surface area (Å²) in [5.41, 5.74) is 0.752. The topological polar surface area (TPSA) is 135 Å². The quantitative estimate of drug-likeness (QED) is 0.0972. The highest BCUT2D eigenvalue weighted by atomic mass is 32.2. The number of nitrogens with zero attached hydrogens (tertiary/aromatic N) is 4. The average molecular weight is 644 g/mol. The number of hydrogen-bond donors (Lipinski definition) is 1. The lowest BCUT2D eigenvalue weighted by molar-refractivity contribution is -0.142. The van der Waals surface area contributed by atoms with Crippen molar-refractivity contribution in [3.8, 4) is 0 Å². The average Bonchev–Trinajstić information content (AvgIpc) is 3.50. The van der Waals surface area contributed by atoms with Gasteiger partial charge in [-0.25, -0.2) is 17.4 Å².